The summed E-state index contributed by atoms with van der Waals surface area (Å²) in [7, 11) is 3.18. The number of thioether (sulfide) groups is 1. The number of ether oxygens (including phenoxy) is 2. The van der Waals surface area contributed by atoms with Crippen molar-refractivity contribution in [2.75, 3.05) is 31.0 Å². The Morgan fingerprint density at radius 2 is 2.08 bits per heavy atom. The SMILES string of the molecule is COc1ccc(NC(=S)CSc2nc(N)nc3nc[nH]c23)cc1OC. The molecule has 0 saturated heterocycles. The van der Waals surface area contributed by atoms with Gasteiger partial charge in [-0.25, -0.2) is 9.97 Å². The van der Waals surface area contributed by atoms with Crippen molar-refractivity contribution in [1.82, 2.24) is 19.9 Å². The van der Waals surface area contributed by atoms with Crippen LogP contribution >= 0.6 is 24.0 Å². The zero-order valence-electron chi connectivity index (χ0n) is 13.6. The lowest BCUT2D eigenvalue weighted by atomic mass is 10.2. The molecule has 2 heterocycles. The first-order chi connectivity index (χ1) is 12.1. The van der Waals surface area contributed by atoms with Gasteiger partial charge in [-0.15, -0.1) is 0 Å². The van der Waals surface area contributed by atoms with Crippen LogP contribution in [0.1, 0.15) is 0 Å². The van der Waals surface area contributed by atoms with Gasteiger partial charge in [0.1, 0.15) is 10.5 Å². The van der Waals surface area contributed by atoms with E-state index in [0.717, 1.165) is 11.2 Å². The fourth-order valence-electron chi connectivity index (χ4n) is 2.17. The Balaban J connectivity index is 1.67. The number of H-pyrrole nitrogens is 1. The summed E-state index contributed by atoms with van der Waals surface area (Å²) in [6.45, 7) is 0. The second-order valence-electron chi connectivity index (χ2n) is 4.89. The molecule has 0 radical (unpaired) electrons. The average Bonchev–Trinajstić information content (AvgIpc) is 3.07. The van der Waals surface area contributed by atoms with E-state index in [-0.39, 0.29) is 5.95 Å². The Morgan fingerprint density at radius 3 is 2.84 bits per heavy atom. The molecular weight excluding hydrogens is 360 g/mol. The minimum atomic E-state index is 0.181. The number of anilines is 2. The fourth-order valence-corrected chi connectivity index (χ4v) is 3.26. The van der Waals surface area contributed by atoms with Crippen LogP contribution < -0.4 is 20.5 Å². The van der Waals surface area contributed by atoms with Gasteiger partial charge in [-0.3, -0.25) is 0 Å². The van der Waals surface area contributed by atoms with Crippen molar-refractivity contribution in [3.8, 4) is 11.5 Å². The van der Waals surface area contributed by atoms with E-state index in [9.17, 15) is 0 Å². The molecule has 0 aliphatic heterocycles. The van der Waals surface area contributed by atoms with Crippen LogP contribution in [0.3, 0.4) is 0 Å². The zero-order valence-corrected chi connectivity index (χ0v) is 15.2. The van der Waals surface area contributed by atoms with Gasteiger partial charge in [0.25, 0.3) is 0 Å². The van der Waals surface area contributed by atoms with E-state index in [4.69, 9.17) is 27.4 Å². The number of nitrogens with zero attached hydrogens (tertiary/aromatic N) is 3. The van der Waals surface area contributed by atoms with Gasteiger partial charge in [-0.1, -0.05) is 24.0 Å². The van der Waals surface area contributed by atoms with Crippen LogP contribution in [0.5, 0.6) is 11.5 Å². The van der Waals surface area contributed by atoms with Crippen molar-refractivity contribution in [1.29, 1.82) is 0 Å². The maximum absolute atomic E-state index is 5.71. The molecule has 130 valence electrons. The number of methoxy groups -OCH3 is 2. The van der Waals surface area contributed by atoms with Gasteiger partial charge >= 0.3 is 0 Å². The third-order valence-corrected chi connectivity index (χ3v) is 4.71. The number of nitrogen functional groups attached to an aromatic ring is 1. The molecule has 2 aromatic heterocycles. The molecule has 0 spiro atoms. The van der Waals surface area contributed by atoms with Gasteiger partial charge in [-0.2, -0.15) is 4.98 Å². The van der Waals surface area contributed by atoms with E-state index >= 15 is 0 Å². The number of rotatable bonds is 6. The second-order valence-corrected chi connectivity index (χ2v) is 6.35. The summed E-state index contributed by atoms with van der Waals surface area (Å²) in [6, 6.07) is 5.51. The lowest BCUT2D eigenvalue weighted by molar-refractivity contribution is 0.355. The molecule has 0 amide bonds. The van der Waals surface area contributed by atoms with Gasteiger partial charge in [0, 0.05) is 11.8 Å². The first-order valence-corrected chi connectivity index (χ1v) is 8.61. The third-order valence-electron chi connectivity index (χ3n) is 3.28. The lowest BCUT2D eigenvalue weighted by Gasteiger charge is -2.12. The van der Waals surface area contributed by atoms with E-state index < -0.39 is 0 Å². The van der Waals surface area contributed by atoms with Crippen LogP contribution in [0, 0.1) is 0 Å². The van der Waals surface area contributed by atoms with E-state index in [1.54, 1.807) is 20.5 Å². The standard InChI is InChI=1S/C15H16N6O2S2/c1-22-9-4-3-8(5-10(9)23-2)19-11(24)6-25-14-12-13(18-7-17-12)20-15(16)21-14/h3-5,7H,6H2,1-2H3,(H,19,24)(H3,16,17,18,20,21). The van der Waals surface area contributed by atoms with Crippen molar-refractivity contribution < 1.29 is 9.47 Å². The number of hydrogen-bond acceptors (Lipinski definition) is 8. The first kappa shape index (κ1) is 17.2. The van der Waals surface area contributed by atoms with Gasteiger partial charge in [0.15, 0.2) is 17.1 Å². The van der Waals surface area contributed by atoms with Crippen LogP contribution in [0.2, 0.25) is 0 Å². The normalized spacial score (nSPS) is 10.6. The van der Waals surface area contributed by atoms with Gasteiger partial charge in [0.05, 0.1) is 31.3 Å². The molecule has 4 N–H and O–H groups in total. The highest BCUT2D eigenvalue weighted by molar-refractivity contribution is 8.01. The van der Waals surface area contributed by atoms with Gasteiger partial charge in [0.2, 0.25) is 5.95 Å². The summed E-state index contributed by atoms with van der Waals surface area (Å²) in [5.41, 5.74) is 7.81. The highest BCUT2D eigenvalue weighted by atomic mass is 32.2. The van der Waals surface area contributed by atoms with Crippen LogP contribution in [0.4, 0.5) is 11.6 Å². The molecular formula is C15H16N6O2S2. The van der Waals surface area contributed by atoms with E-state index in [1.807, 2.05) is 18.2 Å². The Morgan fingerprint density at radius 1 is 1.28 bits per heavy atom. The quantitative estimate of drug-likeness (QED) is 0.339. The summed E-state index contributed by atoms with van der Waals surface area (Å²) in [6.07, 6.45) is 1.56. The molecule has 0 atom stereocenters. The smallest absolute Gasteiger partial charge is 0.223 e. The Labute approximate surface area is 153 Å². The molecule has 0 aliphatic rings. The number of nitrogens with two attached hydrogens (primary N) is 1. The Hall–Kier alpha value is -2.59. The van der Waals surface area contributed by atoms with E-state index in [0.29, 0.717) is 32.9 Å². The summed E-state index contributed by atoms with van der Waals surface area (Å²) >= 11 is 6.86. The molecule has 0 saturated carbocycles. The average molecular weight is 376 g/mol. The monoisotopic (exact) mass is 376 g/mol. The van der Waals surface area contributed by atoms with Crippen LogP contribution in [0.15, 0.2) is 29.6 Å². The first-order valence-electron chi connectivity index (χ1n) is 7.22. The highest BCUT2D eigenvalue weighted by Gasteiger charge is 2.11. The van der Waals surface area contributed by atoms with E-state index in [2.05, 4.69) is 25.3 Å². The van der Waals surface area contributed by atoms with Crippen LogP contribution in [-0.2, 0) is 0 Å². The molecule has 0 aliphatic carbocycles. The van der Waals surface area contributed by atoms with Crippen molar-refractivity contribution in [2.24, 2.45) is 0 Å². The molecule has 8 nitrogen and oxygen atoms in total. The lowest BCUT2D eigenvalue weighted by Crippen LogP contribution is -2.12. The minimum absolute atomic E-state index is 0.181. The number of aromatic amines is 1. The van der Waals surface area contributed by atoms with Gasteiger partial charge in [-0.05, 0) is 12.1 Å². The molecule has 0 unspecified atom stereocenters. The largest absolute Gasteiger partial charge is 0.493 e. The Kier molecular flexibility index (Phi) is 5.19. The summed E-state index contributed by atoms with van der Waals surface area (Å²) in [4.78, 5) is 16.0. The fraction of sp³-hybridized carbons (Fsp3) is 0.200. The predicted octanol–water partition coefficient (Wildman–Crippen LogP) is 2.48. The maximum atomic E-state index is 5.71. The molecule has 3 rings (SSSR count). The van der Waals surface area contributed by atoms with Crippen molar-refractivity contribution in [3.05, 3.63) is 24.5 Å². The van der Waals surface area contributed by atoms with Crippen molar-refractivity contribution in [2.45, 2.75) is 5.03 Å². The van der Waals surface area contributed by atoms with E-state index in [1.165, 1.54) is 11.8 Å². The number of benzene rings is 1. The highest BCUT2D eigenvalue weighted by Crippen LogP contribution is 2.30. The molecule has 10 heteroatoms. The number of nitrogens with one attached hydrogen (secondary N) is 2. The summed E-state index contributed by atoms with van der Waals surface area (Å²) in [5.74, 6) is 1.99. The summed E-state index contributed by atoms with van der Waals surface area (Å²) < 4.78 is 10.5. The molecule has 3 aromatic rings. The number of fused-ring (bicyclic) bond motifs is 1. The topological polar surface area (TPSA) is 111 Å². The predicted molar refractivity (Wildman–Crippen MR) is 103 cm³/mol. The number of aromatic nitrogens is 4. The zero-order chi connectivity index (χ0) is 17.8. The Bertz CT molecular complexity index is 914. The van der Waals surface area contributed by atoms with Gasteiger partial charge < -0.3 is 25.5 Å². The number of thiocarbonyl (C=S) groups is 1. The van der Waals surface area contributed by atoms with Crippen LogP contribution in [0.25, 0.3) is 11.2 Å². The molecule has 0 fully saturated rings. The van der Waals surface area contributed by atoms with Crippen molar-refractivity contribution >= 4 is 51.8 Å². The third kappa shape index (κ3) is 3.91. The molecule has 1 aromatic carbocycles. The van der Waals surface area contributed by atoms with Crippen molar-refractivity contribution in [3.63, 3.8) is 0 Å². The summed E-state index contributed by atoms with van der Waals surface area (Å²) in [5, 5.41) is 3.87. The number of hydrogen-bond donors (Lipinski definition) is 3. The maximum Gasteiger partial charge on any atom is 0.223 e. The number of imidazole rings is 1. The molecule has 25 heavy (non-hydrogen) atoms. The molecule has 0 bridgehead atoms. The minimum Gasteiger partial charge on any atom is -0.493 e. The van der Waals surface area contributed by atoms with Crippen LogP contribution in [-0.4, -0.2) is 44.9 Å². The second kappa shape index (κ2) is 7.53.